The quantitative estimate of drug-likeness (QED) is 0.487. The average Bonchev–Trinajstić information content (AvgIpc) is 3.43. The van der Waals surface area contributed by atoms with Gasteiger partial charge in [-0.1, -0.05) is 17.7 Å². The van der Waals surface area contributed by atoms with Crippen molar-refractivity contribution < 1.29 is 5.11 Å². The maximum atomic E-state index is 9.61. The van der Waals surface area contributed by atoms with Crippen LogP contribution < -0.4 is 0 Å². The Balaban J connectivity index is 1.56. The zero-order chi connectivity index (χ0) is 19.1. The Hall–Kier alpha value is -1.70. The first-order chi connectivity index (χ1) is 13.7. The van der Waals surface area contributed by atoms with Crippen molar-refractivity contribution in [2.45, 2.75) is 25.6 Å². The molecule has 0 amide bonds. The third-order valence-corrected chi connectivity index (χ3v) is 7.49. The Morgan fingerprint density at radius 1 is 1.18 bits per heavy atom. The lowest BCUT2D eigenvalue weighted by Gasteiger charge is -2.35. The smallest absolute Gasteiger partial charge is 0.124 e. The predicted octanol–water partition coefficient (Wildman–Crippen LogP) is 4.95. The second-order valence-corrected chi connectivity index (χ2v) is 9.39. The van der Waals surface area contributed by atoms with Crippen molar-refractivity contribution in [3.8, 4) is 0 Å². The maximum Gasteiger partial charge on any atom is 0.124 e. The minimum atomic E-state index is 0.0774. The molecule has 1 N–H and O–H groups in total. The van der Waals surface area contributed by atoms with Crippen molar-refractivity contribution in [3.05, 3.63) is 73.3 Å². The summed E-state index contributed by atoms with van der Waals surface area (Å²) in [6.45, 7) is 2.34. The van der Waals surface area contributed by atoms with Crippen LogP contribution in [0.4, 0.5) is 0 Å². The molecule has 0 bridgehead atoms. The minimum Gasteiger partial charge on any atom is -0.395 e. The van der Waals surface area contributed by atoms with E-state index in [-0.39, 0.29) is 12.6 Å². The number of imidazole rings is 1. The van der Waals surface area contributed by atoms with E-state index >= 15 is 0 Å². The van der Waals surface area contributed by atoms with Crippen molar-refractivity contribution in [2.75, 3.05) is 13.2 Å². The summed E-state index contributed by atoms with van der Waals surface area (Å²) < 4.78 is 2.11. The van der Waals surface area contributed by atoms with Gasteiger partial charge in [-0.05, 0) is 53.1 Å². The monoisotopic (exact) mass is 429 g/mol. The van der Waals surface area contributed by atoms with Gasteiger partial charge >= 0.3 is 0 Å². The number of halogens is 1. The molecule has 28 heavy (non-hydrogen) atoms. The van der Waals surface area contributed by atoms with Crippen molar-refractivity contribution >= 4 is 45.3 Å². The maximum absolute atomic E-state index is 9.61. The molecule has 0 spiro atoms. The lowest BCUT2D eigenvalue weighted by Crippen LogP contribution is -2.35. The van der Waals surface area contributed by atoms with E-state index in [0.29, 0.717) is 11.6 Å². The first kappa shape index (κ1) is 18.3. The van der Waals surface area contributed by atoms with E-state index in [0.717, 1.165) is 36.4 Å². The van der Waals surface area contributed by atoms with Crippen molar-refractivity contribution in [3.63, 3.8) is 0 Å². The summed E-state index contributed by atoms with van der Waals surface area (Å²) in [5.41, 5.74) is 3.33. The van der Waals surface area contributed by atoms with E-state index in [1.165, 1.54) is 15.3 Å². The molecule has 0 saturated carbocycles. The molecule has 1 unspecified atom stereocenters. The van der Waals surface area contributed by atoms with Crippen LogP contribution >= 0.6 is 34.3 Å². The van der Waals surface area contributed by atoms with E-state index in [4.69, 9.17) is 16.6 Å². The third-order valence-electron chi connectivity index (χ3n) is 5.34. The van der Waals surface area contributed by atoms with Gasteiger partial charge in [-0.3, -0.25) is 4.90 Å². The standard InChI is InChI=1S/C21H20ClN3OS2/c22-14-3-4-16-17(12-14)25(8-9-26)20(23-16)13-24-7-5-18-15(6-11-28-18)21(24)19-2-1-10-27-19/h1-4,6,10-12,21,26H,5,7-9,13H2. The van der Waals surface area contributed by atoms with Gasteiger partial charge in [0.15, 0.2) is 0 Å². The highest BCUT2D eigenvalue weighted by Crippen LogP contribution is 2.40. The summed E-state index contributed by atoms with van der Waals surface area (Å²) in [6, 6.07) is 12.7. The number of hydrogen-bond donors (Lipinski definition) is 1. The number of hydrogen-bond acceptors (Lipinski definition) is 5. The van der Waals surface area contributed by atoms with Crippen LogP contribution in [0.25, 0.3) is 11.0 Å². The molecule has 144 valence electrons. The Labute approximate surface area is 176 Å². The van der Waals surface area contributed by atoms with Gasteiger partial charge in [0.2, 0.25) is 0 Å². The molecule has 1 aromatic carbocycles. The first-order valence-corrected chi connectivity index (χ1v) is 11.5. The van der Waals surface area contributed by atoms with Crippen LogP contribution in [-0.2, 0) is 19.5 Å². The van der Waals surface area contributed by atoms with Crippen molar-refractivity contribution in [1.29, 1.82) is 0 Å². The van der Waals surface area contributed by atoms with Crippen LogP contribution in [0.15, 0.2) is 47.2 Å². The average molecular weight is 430 g/mol. The van der Waals surface area contributed by atoms with E-state index in [1.807, 2.05) is 40.9 Å². The summed E-state index contributed by atoms with van der Waals surface area (Å²) in [5.74, 6) is 0.978. The van der Waals surface area contributed by atoms with E-state index < -0.39 is 0 Å². The van der Waals surface area contributed by atoms with Crippen molar-refractivity contribution in [1.82, 2.24) is 14.5 Å². The highest BCUT2D eigenvalue weighted by molar-refractivity contribution is 7.10. The number of aliphatic hydroxyl groups is 1. The highest BCUT2D eigenvalue weighted by Gasteiger charge is 2.31. The highest BCUT2D eigenvalue weighted by atomic mass is 35.5. The molecule has 5 rings (SSSR count). The van der Waals surface area contributed by atoms with E-state index in [9.17, 15) is 5.11 Å². The molecule has 1 aliphatic heterocycles. The number of thiophene rings is 2. The van der Waals surface area contributed by atoms with Crippen LogP contribution in [0.5, 0.6) is 0 Å². The van der Waals surface area contributed by atoms with Gasteiger partial charge in [-0.15, -0.1) is 22.7 Å². The van der Waals surface area contributed by atoms with Gasteiger partial charge < -0.3 is 9.67 Å². The van der Waals surface area contributed by atoms with Crippen LogP contribution in [0, 0.1) is 0 Å². The van der Waals surface area contributed by atoms with Gasteiger partial charge in [0.1, 0.15) is 5.82 Å². The number of aromatic nitrogens is 2. The largest absolute Gasteiger partial charge is 0.395 e. The second-order valence-electron chi connectivity index (χ2n) is 6.97. The number of fused-ring (bicyclic) bond motifs is 2. The fourth-order valence-corrected chi connectivity index (χ4v) is 6.06. The number of aliphatic hydroxyl groups excluding tert-OH is 1. The van der Waals surface area contributed by atoms with Gasteiger partial charge in [0, 0.05) is 27.9 Å². The van der Waals surface area contributed by atoms with Crippen LogP contribution in [0.2, 0.25) is 5.02 Å². The molecule has 0 aliphatic carbocycles. The van der Waals surface area contributed by atoms with Gasteiger partial charge in [0.25, 0.3) is 0 Å². The fraction of sp³-hybridized carbons (Fsp3) is 0.286. The van der Waals surface area contributed by atoms with Crippen LogP contribution in [0.3, 0.4) is 0 Å². The number of benzene rings is 1. The Bertz CT molecular complexity index is 1100. The molecular weight excluding hydrogens is 410 g/mol. The van der Waals surface area contributed by atoms with Gasteiger partial charge in [-0.25, -0.2) is 4.98 Å². The fourth-order valence-electron chi connectivity index (χ4n) is 4.12. The molecule has 7 heteroatoms. The van der Waals surface area contributed by atoms with Crippen LogP contribution in [0.1, 0.15) is 27.2 Å². The Morgan fingerprint density at radius 3 is 2.93 bits per heavy atom. The lowest BCUT2D eigenvalue weighted by atomic mass is 9.98. The third kappa shape index (κ3) is 3.19. The lowest BCUT2D eigenvalue weighted by molar-refractivity contribution is 0.198. The van der Waals surface area contributed by atoms with Crippen LogP contribution in [-0.4, -0.2) is 32.7 Å². The van der Waals surface area contributed by atoms with Gasteiger partial charge in [0.05, 0.1) is 30.2 Å². The van der Waals surface area contributed by atoms with Crippen molar-refractivity contribution in [2.24, 2.45) is 0 Å². The SMILES string of the molecule is OCCn1c(CN2CCc3sccc3C2c2cccs2)nc2ccc(Cl)cc21. The molecular formula is C21H20ClN3OS2. The molecule has 4 nitrogen and oxygen atoms in total. The summed E-state index contributed by atoms with van der Waals surface area (Å²) in [5, 5.41) is 14.7. The molecule has 0 saturated heterocycles. The summed E-state index contributed by atoms with van der Waals surface area (Å²) in [6.07, 6.45) is 1.07. The van der Waals surface area contributed by atoms with Gasteiger partial charge in [-0.2, -0.15) is 0 Å². The molecule has 3 aromatic heterocycles. The second kappa shape index (κ2) is 7.61. The zero-order valence-corrected chi connectivity index (χ0v) is 17.6. The molecule has 1 aliphatic rings. The molecule has 4 aromatic rings. The molecule has 0 fully saturated rings. The predicted molar refractivity (Wildman–Crippen MR) is 116 cm³/mol. The summed E-state index contributed by atoms with van der Waals surface area (Å²) in [7, 11) is 0. The zero-order valence-electron chi connectivity index (χ0n) is 15.2. The molecule has 4 heterocycles. The Morgan fingerprint density at radius 2 is 2.11 bits per heavy atom. The Kier molecular flexibility index (Phi) is 4.99. The van der Waals surface area contributed by atoms with E-state index in [2.05, 4.69) is 38.4 Å². The number of nitrogens with zero attached hydrogens (tertiary/aromatic N) is 3. The molecule has 0 radical (unpaired) electrons. The topological polar surface area (TPSA) is 41.3 Å². The number of rotatable bonds is 5. The summed E-state index contributed by atoms with van der Waals surface area (Å²) in [4.78, 5) is 10.3. The summed E-state index contributed by atoms with van der Waals surface area (Å²) >= 11 is 9.89. The normalized spacial score (nSPS) is 17.3. The van der Waals surface area contributed by atoms with E-state index in [1.54, 1.807) is 0 Å². The minimum absolute atomic E-state index is 0.0774. The molecule has 1 atom stereocenters. The first-order valence-electron chi connectivity index (χ1n) is 9.34.